The van der Waals surface area contributed by atoms with E-state index < -0.39 is 11.7 Å². The monoisotopic (exact) mass is 341 g/mol. The van der Waals surface area contributed by atoms with Crippen LogP contribution in [0.3, 0.4) is 0 Å². The number of hydrogen-bond acceptors (Lipinski definition) is 3. The second-order valence-electron chi connectivity index (χ2n) is 3.88. The van der Waals surface area contributed by atoms with Gasteiger partial charge < -0.3 is 14.8 Å². The van der Waals surface area contributed by atoms with Crippen LogP contribution in [-0.4, -0.2) is 33.5 Å². The van der Waals surface area contributed by atoms with Crippen molar-refractivity contribution in [1.29, 1.82) is 0 Å². The fourth-order valence-corrected chi connectivity index (χ4v) is 1.89. The second kappa shape index (κ2) is 7.12. The van der Waals surface area contributed by atoms with Gasteiger partial charge in [0.25, 0.3) is 0 Å². The highest BCUT2D eigenvalue weighted by Crippen LogP contribution is 2.36. The lowest BCUT2D eigenvalue weighted by atomic mass is 10.1. The van der Waals surface area contributed by atoms with Gasteiger partial charge in [-0.15, -0.1) is 0 Å². The Balaban J connectivity index is 2.83. The van der Waals surface area contributed by atoms with E-state index in [1.54, 1.807) is 6.07 Å². The van der Waals surface area contributed by atoms with Crippen LogP contribution in [0.2, 0.25) is 0 Å². The van der Waals surface area contributed by atoms with E-state index in [-0.39, 0.29) is 18.3 Å². The van der Waals surface area contributed by atoms with Crippen LogP contribution >= 0.6 is 15.9 Å². The van der Waals surface area contributed by atoms with E-state index in [4.69, 9.17) is 9.47 Å². The maximum absolute atomic E-state index is 12.9. The van der Waals surface area contributed by atoms with Crippen molar-refractivity contribution in [2.24, 2.45) is 0 Å². The summed E-state index contributed by atoms with van der Waals surface area (Å²) in [6.07, 6.45) is -4.72. The summed E-state index contributed by atoms with van der Waals surface area (Å²) in [6.45, 7) is 0.538. The number of rotatable bonds is 6. The minimum absolute atomic E-state index is 0.0221. The first-order valence-electron chi connectivity index (χ1n) is 5.50. The number of methoxy groups -OCH3 is 2. The smallest absolute Gasteiger partial charge is 0.382 e. The molecule has 0 fully saturated rings. The first-order chi connectivity index (χ1) is 8.88. The summed E-state index contributed by atoms with van der Waals surface area (Å²) in [5.74, 6) is 0. The van der Waals surface area contributed by atoms with Gasteiger partial charge in [0, 0.05) is 30.9 Å². The third kappa shape index (κ3) is 5.00. The number of benzene rings is 1. The van der Waals surface area contributed by atoms with Gasteiger partial charge in [0.2, 0.25) is 0 Å². The third-order valence-electron chi connectivity index (χ3n) is 2.49. The van der Waals surface area contributed by atoms with Crippen molar-refractivity contribution in [3.05, 3.63) is 28.2 Å². The molecule has 3 nitrogen and oxygen atoms in total. The molecule has 1 N–H and O–H groups in total. The number of ether oxygens (including phenoxy) is 2. The summed E-state index contributed by atoms with van der Waals surface area (Å²) < 4.78 is 49.0. The molecule has 0 bridgehead atoms. The molecule has 0 aromatic heterocycles. The van der Waals surface area contributed by atoms with Crippen LogP contribution < -0.4 is 5.32 Å². The standard InChI is InChI=1S/C12H15BrF3NO2/c1-18-7-9(19-2)6-17-11-4-3-8(13)5-10(11)12(14,15)16/h3-5,9,17H,6-7H2,1-2H3. The molecule has 0 aliphatic carbocycles. The Morgan fingerprint density at radius 2 is 2.00 bits per heavy atom. The van der Waals surface area contributed by atoms with Crippen molar-refractivity contribution in [3.63, 3.8) is 0 Å². The molecular formula is C12H15BrF3NO2. The Bertz CT molecular complexity index is 412. The van der Waals surface area contributed by atoms with Gasteiger partial charge in [0.15, 0.2) is 0 Å². The van der Waals surface area contributed by atoms with Gasteiger partial charge in [-0.1, -0.05) is 15.9 Å². The zero-order valence-corrected chi connectivity index (χ0v) is 12.1. The minimum atomic E-state index is -4.41. The molecule has 0 aliphatic heterocycles. The van der Waals surface area contributed by atoms with Crippen molar-refractivity contribution in [2.45, 2.75) is 12.3 Å². The second-order valence-corrected chi connectivity index (χ2v) is 4.80. The molecule has 0 saturated heterocycles. The lowest BCUT2D eigenvalue weighted by Crippen LogP contribution is -2.27. The van der Waals surface area contributed by atoms with Crippen LogP contribution in [0.4, 0.5) is 18.9 Å². The average Bonchev–Trinajstić information content (AvgIpc) is 2.34. The molecule has 0 amide bonds. The molecule has 0 spiro atoms. The molecule has 1 aromatic rings. The maximum atomic E-state index is 12.9. The molecule has 1 unspecified atom stereocenters. The highest BCUT2D eigenvalue weighted by atomic mass is 79.9. The topological polar surface area (TPSA) is 30.5 Å². The van der Waals surface area contributed by atoms with Gasteiger partial charge >= 0.3 is 6.18 Å². The molecular weight excluding hydrogens is 327 g/mol. The normalized spacial score (nSPS) is 13.4. The van der Waals surface area contributed by atoms with Crippen molar-refractivity contribution in [2.75, 3.05) is 32.7 Å². The zero-order valence-electron chi connectivity index (χ0n) is 10.6. The largest absolute Gasteiger partial charge is 0.418 e. The first-order valence-corrected chi connectivity index (χ1v) is 6.30. The minimum Gasteiger partial charge on any atom is -0.382 e. The number of anilines is 1. The van der Waals surface area contributed by atoms with E-state index in [2.05, 4.69) is 21.2 Å². The van der Waals surface area contributed by atoms with E-state index in [0.29, 0.717) is 11.1 Å². The molecule has 1 atom stereocenters. The lowest BCUT2D eigenvalue weighted by Gasteiger charge is -2.19. The first kappa shape index (κ1) is 16.3. The van der Waals surface area contributed by atoms with Crippen LogP contribution in [-0.2, 0) is 15.7 Å². The van der Waals surface area contributed by atoms with Crippen molar-refractivity contribution >= 4 is 21.6 Å². The summed E-state index contributed by atoms with van der Waals surface area (Å²) in [7, 11) is 2.99. The Morgan fingerprint density at radius 3 is 2.53 bits per heavy atom. The summed E-state index contributed by atoms with van der Waals surface area (Å²) in [5.41, 5.74) is -0.692. The van der Waals surface area contributed by atoms with Gasteiger partial charge in [0.05, 0.1) is 18.3 Å². The molecule has 108 valence electrons. The molecule has 19 heavy (non-hydrogen) atoms. The Labute approximate surface area is 118 Å². The van der Waals surface area contributed by atoms with Crippen LogP contribution in [0.15, 0.2) is 22.7 Å². The van der Waals surface area contributed by atoms with Gasteiger partial charge in [-0.25, -0.2) is 0 Å². The maximum Gasteiger partial charge on any atom is 0.418 e. The summed E-state index contributed by atoms with van der Waals surface area (Å²) in [5, 5.41) is 2.74. The molecule has 0 saturated carbocycles. The highest BCUT2D eigenvalue weighted by molar-refractivity contribution is 9.10. The predicted molar refractivity (Wildman–Crippen MR) is 70.3 cm³/mol. The lowest BCUT2D eigenvalue weighted by molar-refractivity contribution is -0.137. The van der Waals surface area contributed by atoms with Crippen LogP contribution in [0, 0.1) is 0 Å². The van der Waals surface area contributed by atoms with Gasteiger partial charge in [0.1, 0.15) is 0 Å². The number of halogens is 4. The van der Waals surface area contributed by atoms with Crippen molar-refractivity contribution < 1.29 is 22.6 Å². The quantitative estimate of drug-likeness (QED) is 0.858. The summed E-state index contributed by atoms with van der Waals surface area (Å²) in [6, 6.07) is 3.97. The van der Waals surface area contributed by atoms with Gasteiger partial charge in [-0.2, -0.15) is 13.2 Å². The SMILES string of the molecule is COCC(CNc1ccc(Br)cc1C(F)(F)F)OC. The highest BCUT2D eigenvalue weighted by Gasteiger charge is 2.33. The fraction of sp³-hybridized carbons (Fsp3) is 0.500. The predicted octanol–water partition coefficient (Wildman–Crippen LogP) is 3.54. The molecule has 0 aliphatic rings. The molecule has 1 rings (SSSR count). The number of hydrogen-bond donors (Lipinski definition) is 1. The molecule has 0 heterocycles. The third-order valence-corrected chi connectivity index (χ3v) is 2.99. The summed E-state index contributed by atoms with van der Waals surface area (Å²) in [4.78, 5) is 0. The molecule has 7 heteroatoms. The summed E-state index contributed by atoms with van der Waals surface area (Å²) >= 11 is 3.03. The van der Waals surface area contributed by atoms with E-state index in [9.17, 15) is 13.2 Å². The van der Waals surface area contributed by atoms with Gasteiger partial charge in [-0.05, 0) is 18.2 Å². The Hall–Kier alpha value is -0.790. The molecule has 0 radical (unpaired) electrons. The average molecular weight is 342 g/mol. The van der Waals surface area contributed by atoms with Crippen molar-refractivity contribution in [1.82, 2.24) is 0 Å². The van der Waals surface area contributed by atoms with Crippen LogP contribution in [0.5, 0.6) is 0 Å². The number of nitrogens with one attached hydrogen (secondary N) is 1. The van der Waals surface area contributed by atoms with Crippen molar-refractivity contribution in [3.8, 4) is 0 Å². The Morgan fingerprint density at radius 1 is 1.32 bits per heavy atom. The van der Waals surface area contributed by atoms with E-state index in [0.717, 1.165) is 6.07 Å². The zero-order chi connectivity index (χ0) is 14.5. The van der Waals surface area contributed by atoms with Crippen LogP contribution in [0.25, 0.3) is 0 Å². The van der Waals surface area contributed by atoms with E-state index in [1.165, 1.54) is 20.3 Å². The van der Waals surface area contributed by atoms with E-state index in [1.807, 2.05) is 0 Å². The van der Waals surface area contributed by atoms with E-state index >= 15 is 0 Å². The fourth-order valence-electron chi connectivity index (χ4n) is 1.53. The molecule has 1 aromatic carbocycles. The number of alkyl halides is 3. The van der Waals surface area contributed by atoms with Gasteiger partial charge in [-0.3, -0.25) is 0 Å². The Kier molecular flexibility index (Phi) is 6.09. The van der Waals surface area contributed by atoms with Crippen LogP contribution in [0.1, 0.15) is 5.56 Å².